The number of thioether (sulfide) groups is 1. The second-order valence-corrected chi connectivity index (χ2v) is 13.2. The van der Waals surface area contributed by atoms with E-state index in [4.69, 9.17) is 4.74 Å². The molecule has 2 unspecified atom stereocenters. The van der Waals surface area contributed by atoms with Crippen molar-refractivity contribution in [1.82, 2.24) is 9.80 Å². The van der Waals surface area contributed by atoms with Crippen molar-refractivity contribution in [3.05, 3.63) is 12.7 Å². The Kier molecular flexibility index (Phi) is 7.55. The number of carbonyl (C=O) groups excluding carboxylic acids is 3. The fourth-order valence-electron chi connectivity index (χ4n) is 6.38. The van der Waals surface area contributed by atoms with Crippen LogP contribution in [0.3, 0.4) is 0 Å². The van der Waals surface area contributed by atoms with Gasteiger partial charge in [0.2, 0.25) is 11.8 Å². The van der Waals surface area contributed by atoms with Crippen LogP contribution in [0.4, 0.5) is 0 Å². The Morgan fingerprint density at radius 1 is 1.35 bits per heavy atom. The summed E-state index contributed by atoms with van der Waals surface area (Å²) in [5.41, 5.74) is -0.481. The third kappa shape index (κ3) is 3.98. The van der Waals surface area contributed by atoms with Crippen LogP contribution < -0.4 is 0 Å². The number of nitrogens with zero attached hydrogens (tertiary/aromatic N) is 2. The number of esters is 1. The number of carbonyl (C=O) groups is 3. The minimum atomic E-state index is -0.749. The zero-order valence-corrected chi connectivity index (χ0v) is 22.6. The Bertz CT molecular complexity index is 842. The van der Waals surface area contributed by atoms with Crippen molar-refractivity contribution in [1.29, 1.82) is 0 Å². The van der Waals surface area contributed by atoms with E-state index in [-0.39, 0.29) is 36.9 Å². The highest BCUT2D eigenvalue weighted by Crippen LogP contribution is 2.72. The number of likely N-dealkylation sites (tertiary alicyclic amines) is 1. The number of hydrogen-bond donors (Lipinski definition) is 1. The van der Waals surface area contributed by atoms with Crippen molar-refractivity contribution in [2.75, 3.05) is 19.8 Å². The maximum Gasteiger partial charge on any atom is 0.311 e. The minimum absolute atomic E-state index is 0.000739. The molecule has 0 aliphatic carbocycles. The van der Waals surface area contributed by atoms with Gasteiger partial charge in [-0.15, -0.1) is 18.3 Å². The Morgan fingerprint density at radius 3 is 2.50 bits per heavy atom. The predicted octanol–water partition coefficient (Wildman–Crippen LogP) is 3.25. The van der Waals surface area contributed by atoms with Gasteiger partial charge in [-0.3, -0.25) is 14.4 Å². The first-order valence-corrected chi connectivity index (χ1v) is 13.4. The average molecular weight is 495 g/mol. The summed E-state index contributed by atoms with van der Waals surface area (Å²) in [5, 5.41) is 10.4. The van der Waals surface area contributed by atoms with Crippen LogP contribution in [0.25, 0.3) is 0 Å². The highest BCUT2D eigenvalue weighted by atomic mass is 32.2. The summed E-state index contributed by atoms with van der Waals surface area (Å²) in [7, 11) is 0. The number of ether oxygens (including phenoxy) is 1. The molecular formula is C26H42N2O5S. The van der Waals surface area contributed by atoms with Gasteiger partial charge < -0.3 is 19.6 Å². The van der Waals surface area contributed by atoms with Gasteiger partial charge in [0.05, 0.1) is 35.8 Å². The van der Waals surface area contributed by atoms with Crippen molar-refractivity contribution in [3.8, 4) is 0 Å². The average Bonchev–Trinajstić information content (AvgIpc) is 3.32. The van der Waals surface area contributed by atoms with Gasteiger partial charge in [-0.2, -0.15) is 0 Å². The van der Waals surface area contributed by atoms with E-state index < -0.39 is 39.0 Å². The summed E-state index contributed by atoms with van der Waals surface area (Å²) >= 11 is 1.63. The minimum Gasteiger partial charge on any atom is -0.466 e. The maximum atomic E-state index is 14.4. The van der Waals surface area contributed by atoms with Gasteiger partial charge >= 0.3 is 5.97 Å². The number of fused-ring (bicyclic) bond motifs is 1. The summed E-state index contributed by atoms with van der Waals surface area (Å²) in [6, 6.07) is -1.24. The van der Waals surface area contributed by atoms with E-state index in [0.29, 0.717) is 13.0 Å². The molecule has 1 spiro atoms. The Labute approximate surface area is 208 Å². The Hall–Kier alpha value is -1.54. The molecule has 2 bridgehead atoms. The lowest BCUT2D eigenvalue weighted by molar-refractivity contribution is -0.156. The van der Waals surface area contributed by atoms with E-state index >= 15 is 0 Å². The SMILES string of the molecule is C=CCN(C(=O)C1N([C@@H](CO)[C@@H](C)CC)C(=O)[C@@H]2[C@@H](C(=O)OCC)[C@@]3(C)CCC12S3)C(C)(C)C. The second kappa shape index (κ2) is 9.49. The smallest absolute Gasteiger partial charge is 0.311 e. The molecule has 3 fully saturated rings. The molecule has 3 rings (SSSR count). The lowest BCUT2D eigenvalue weighted by Gasteiger charge is -2.44. The molecule has 7 atom stereocenters. The van der Waals surface area contributed by atoms with Crippen LogP contribution in [-0.2, 0) is 19.1 Å². The van der Waals surface area contributed by atoms with Crippen molar-refractivity contribution in [3.63, 3.8) is 0 Å². The molecule has 0 saturated carbocycles. The zero-order chi connectivity index (χ0) is 25.6. The highest BCUT2D eigenvalue weighted by Gasteiger charge is 2.78. The normalized spacial score (nSPS) is 34.1. The Balaban J connectivity index is 2.19. The fraction of sp³-hybridized carbons (Fsp3) is 0.808. The number of aliphatic hydroxyl groups is 1. The van der Waals surface area contributed by atoms with Crippen molar-refractivity contribution in [2.45, 2.75) is 94.8 Å². The van der Waals surface area contributed by atoms with Crippen LogP contribution in [0.5, 0.6) is 0 Å². The zero-order valence-electron chi connectivity index (χ0n) is 21.8. The second-order valence-electron chi connectivity index (χ2n) is 11.3. The molecule has 3 aliphatic heterocycles. The molecule has 0 aromatic heterocycles. The van der Waals surface area contributed by atoms with E-state index in [9.17, 15) is 19.5 Å². The first-order valence-electron chi connectivity index (χ1n) is 12.6. The molecule has 0 aromatic rings. The fourth-order valence-corrected chi connectivity index (χ4v) is 8.70. The van der Waals surface area contributed by atoms with E-state index in [1.54, 1.807) is 34.6 Å². The lowest BCUT2D eigenvalue weighted by Crippen LogP contribution is -2.61. The van der Waals surface area contributed by atoms with Crippen LogP contribution in [0, 0.1) is 17.8 Å². The lowest BCUT2D eigenvalue weighted by atomic mass is 9.66. The van der Waals surface area contributed by atoms with Gasteiger partial charge in [0.25, 0.3) is 0 Å². The molecule has 2 amide bonds. The third-order valence-electron chi connectivity index (χ3n) is 8.22. The van der Waals surface area contributed by atoms with E-state index in [0.717, 1.165) is 12.8 Å². The summed E-state index contributed by atoms with van der Waals surface area (Å²) in [6.07, 6.45) is 3.89. The van der Waals surface area contributed by atoms with Gasteiger partial charge in [-0.1, -0.05) is 26.3 Å². The van der Waals surface area contributed by atoms with Crippen LogP contribution in [0.15, 0.2) is 12.7 Å². The van der Waals surface area contributed by atoms with Crippen LogP contribution in [-0.4, -0.2) is 79.6 Å². The molecule has 7 nitrogen and oxygen atoms in total. The van der Waals surface area contributed by atoms with Crippen LogP contribution in [0.2, 0.25) is 0 Å². The molecule has 3 saturated heterocycles. The highest BCUT2D eigenvalue weighted by molar-refractivity contribution is 8.02. The standard InChI is InChI=1S/C26H42N2O5S/c1-9-14-27(24(5,6)7)22(31)20-26-13-12-25(8,34-26)19(23(32)33-11-3)18(26)21(30)28(20)17(15-29)16(4)10-2/h9,16-20,29H,1,10-15H2,2-8H3/t16-,17-,18-,19-,20?,25+,26?/m0/s1. The largest absolute Gasteiger partial charge is 0.466 e. The number of aliphatic hydroxyl groups excluding tert-OH is 1. The van der Waals surface area contributed by atoms with E-state index in [1.807, 2.05) is 41.5 Å². The first kappa shape index (κ1) is 27.1. The molecule has 8 heteroatoms. The number of amides is 2. The van der Waals surface area contributed by atoms with Gasteiger partial charge in [0, 0.05) is 16.8 Å². The molecule has 3 heterocycles. The third-order valence-corrected chi connectivity index (χ3v) is 10.2. The van der Waals surface area contributed by atoms with Crippen LogP contribution in [0.1, 0.15) is 67.7 Å². The van der Waals surface area contributed by atoms with Crippen molar-refractivity contribution >= 4 is 29.5 Å². The first-order chi connectivity index (χ1) is 15.8. The van der Waals surface area contributed by atoms with E-state index in [1.165, 1.54) is 0 Å². The predicted molar refractivity (Wildman–Crippen MR) is 134 cm³/mol. The molecule has 1 N–H and O–H groups in total. The Morgan fingerprint density at radius 2 is 2.00 bits per heavy atom. The topological polar surface area (TPSA) is 87.2 Å². The van der Waals surface area contributed by atoms with Crippen molar-refractivity contribution < 1.29 is 24.2 Å². The quantitative estimate of drug-likeness (QED) is 0.391. The molecular weight excluding hydrogens is 452 g/mol. The molecule has 3 aliphatic rings. The number of rotatable bonds is 9. The maximum absolute atomic E-state index is 14.4. The van der Waals surface area contributed by atoms with Gasteiger partial charge in [0.1, 0.15) is 6.04 Å². The number of hydrogen-bond acceptors (Lipinski definition) is 6. The van der Waals surface area contributed by atoms with E-state index in [2.05, 4.69) is 6.58 Å². The molecule has 192 valence electrons. The summed E-state index contributed by atoms with van der Waals surface area (Å²) in [5.74, 6) is -1.91. The van der Waals surface area contributed by atoms with Gasteiger partial charge in [-0.25, -0.2) is 0 Å². The van der Waals surface area contributed by atoms with Gasteiger partial charge in [0.15, 0.2) is 0 Å². The molecule has 0 radical (unpaired) electrons. The molecule has 0 aromatic carbocycles. The van der Waals surface area contributed by atoms with Gasteiger partial charge in [-0.05, 0) is 53.4 Å². The van der Waals surface area contributed by atoms with Crippen LogP contribution >= 0.6 is 11.8 Å². The summed E-state index contributed by atoms with van der Waals surface area (Å²) < 4.78 is 4.28. The van der Waals surface area contributed by atoms with Crippen molar-refractivity contribution in [2.24, 2.45) is 17.8 Å². The summed E-state index contributed by atoms with van der Waals surface area (Å²) in [4.78, 5) is 45.2. The summed E-state index contributed by atoms with van der Waals surface area (Å²) in [6.45, 7) is 18.0. The monoisotopic (exact) mass is 494 g/mol. The molecule has 34 heavy (non-hydrogen) atoms.